The minimum atomic E-state index is 0.0990. The fourth-order valence-electron chi connectivity index (χ4n) is 3.32. The molecule has 0 radical (unpaired) electrons. The molecule has 0 aliphatic carbocycles. The van der Waals surface area contributed by atoms with Gasteiger partial charge in [0.2, 0.25) is 5.91 Å². The molecule has 0 bridgehead atoms. The van der Waals surface area contributed by atoms with Gasteiger partial charge in [-0.3, -0.25) is 4.79 Å². The number of hydrogen-bond acceptors (Lipinski definition) is 4. The van der Waals surface area contributed by atoms with Gasteiger partial charge in [0.25, 0.3) is 0 Å². The molecule has 0 spiro atoms. The molecule has 0 unspecified atom stereocenters. The highest BCUT2D eigenvalue weighted by atomic mass is 35.5. The van der Waals surface area contributed by atoms with Crippen molar-refractivity contribution in [1.82, 2.24) is 14.9 Å². The molecule has 2 heterocycles. The van der Waals surface area contributed by atoms with Crippen LogP contribution in [0.5, 0.6) is 0 Å². The van der Waals surface area contributed by atoms with E-state index in [1.165, 1.54) is 0 Å². The van der Waals surface area contributed by atoms with E-state index in [-0.39, 0.29) is 5.91 Å². The number of carbonyl (C=O) groups excluding carboxylic acids is 1. The Morgan fingerprint density at radius 3 is 2.73 bits per heavy atom. The van der Waals surface area contributed by atoms with Crippen LogP contribution in [0.25, 0.3) is 11.4 Å². The summed E-state index contributed by atoms with van der Waals surface area (Å²) in [5.41, 5.74) is 3.13. The molecule has 0 N–H and O–H groups in total. The largest absolute Gasteiger partial charge is 0.359 e. The maximum absolute atomic E-state index is 12.3. The average Bonchev–Trinajstić information content (AvgIpc) is 2.67. The third kappa shape index (κ3) is 3.98. The van der Waals surface area contributed by atoms with Gasteiger partial charge >= 0.3 is 0 Å². The fraction of sp³-hybridized carbons (Fsp3) is 0.450. The first-order valence-electron chi connectivity index (χ1n) is 9.14. The molecule has 0 saturated heterocycles. The summed E-state index contributed by atoms with van der Waals surface area (Å²) in [6.45, 7) is 4.31. The number of nitrogens with zero attached hydrogens (tertiary/aromatic N) is 4. The number of hydrogen-bond donors (Lipinski definition) is 0. The van der Waals surface area contributed by atoms with Gasteiger partial charge in [0, 0.05) is 50.0 Å². The number of anilines is 1. The van der Waals surface area contributed by atoms with Crippen LogP contribution < -0.4 is 4.90 Å². The molecule has 1 aliphatic rings. The van der Waals surface area contributed by atoms with Crippen molar-refractivity contribution in [3.63, 3.8) is 0 Å². The second-order valence-electron chi connectivity index (χ2n) is 6.59. The first-order chi connectivity index (χ1) is 12.6. The molecule has 0 fully saturated rings. The van der Waals surface area contributed by atoms with E-state index in [2.05, 4.69) is 18.9 Å². The van der Waals surface area contributed by atoms with E-state index in [9.17, 15) is 4.79 Å². The van der Waals surface area contributed by atoms with Gasteiger partial charge in [0.1, 0.15) is 5.82 Å². The van der Waals surface area contributed by atoms with Crippen LogP contribution in [0.2, 0.25) is 0 Å². The number of rotatable bonds is 6. The lowest BCUT2D eigenvalue weighted by molar-refractivity contribution is -0.131. The molecule has 0 saturated carbocycles. The van der Waals surface area contributed by atoms with E-state index in [0.29, 0.717) is 25.4 Å². The number of benzene rings is 1. The zero-order valence-electron chi connectivity index (χ0n) is 15.4. The van der Waals surface area contributed by atoms with E-state index in [4.69, 9.17) is 21.6 Å². The monoisotopic (exact) mass is 372 g/mol. The number of amides is 1. The molecule has 1 aromatic heterocycles. The Bertz CT molecular complexity index is 766. The van der Waals surface area contributed by atoms with Crippen LogP contribution in [0.1, 0.15) is 31.0 Å². The van der Waals surface area contributed by atoms with Crippen LogP contribution in [-0.4, -0.2) is 46.8 Å². The summed E-state index contributed by atoms with van der Waals surface area (Å²) in [6, 6.07) is 10.1. The predicted octanol–water partition coefficient (Wildman–Crippen LogP) is 3.50. The van der Waals surface area contributed by atoms with E-state index in [0.717, 1.165) is 47.8 Å². The van der Waals surface area contributed by atoms with Gasteiger partial charge in [0.15, 0.2) is 5.82 Å². The van der Waals surface area contributed by atoms with Crippen molar-refractivity contribution in [1.29, 1.82) is 0 Å². The van der Waals surface area contributed by atoms with Gasteiger partial charge in [0.05, 0.1) is 12.2 Å². The molecule has 5 nitrogen and oxygen atoms in total. The zero-order valence-corrected chi connectivity index (χ0v) is 16.2. The Hall–Kier alpha value is -2.14. The van der Waals surface area contributed by atoms with Crippen LogP contribution in [0, 0.1) is 0 Å². The number of halogens is 1. The molecule has 0 atom stereocenters. The van der Waals surface area contributed by atoms with Crippen molar-refractivity contribution in [2.45, 2.75) is 32.7 Å². The molecular weight excluding hydrogens is 348 g/mol. The number of carbonyl (C=O) groups is 1. The summed E-state index contributed by atoms with van der Waals surface area (Å²) in [7, 11) is 2.06. The topological polar surface area (TPSA) is 49.3 Å². The second kappa shape index (κ2) is 8.49. The minimum Gasteiger partial charge on any atom is -0.359 e. The quantitative estimate of drug-likeness (QED) is 0.728. The summed E-state index contributed by atoms with van der Waals surface area (Å²) in [5.74, 6) is 2.14. The first-order valence-corrected chi connectivity index (χ1v) is 9.67. The molecular formula is C20H25ClN4O. The highest BCUT2D eigenvalue weighted by molar-refractivity contribution is 6.18. The van der Waals surface area contributed by atoms with Crippen molar-refractivity contribution >= 4 is 23.3 Å². The second-order valence-corrected chi connectivity index (χ2v) is 6.97. The van der Waals surface area contributed by atoms with E-state index in [1.807, 2.05) is 35.2 Å². The van der Waals surface area contributed by atoms with Gasteiger partial charge in [-0.05, 0) is 6.42 Å². The lowest BCUT2D eigenvalue weighted by Crippen LogP contribution is -2.38. The zero-order chi connectivity index (χ0) is 18.5. The predicted molar refractivity (Wildman–Crippen MR) is 105 cm³/mol. The van der Waals surface area contributed by atoms with Crippen LogP contribution in [0.4, 0.5) is 5.82 Å². The van der Waals surface area contributed by atoms with Gasteiger partial charge in [-0.15, -0.1) is 11.6 Å². The molecule has 26 heavy (non-hydrogen) atoms. The van der Waals surface area contributed by atoms with Crippen LogP contribution in [0.15, 0.2) is 30.3 Å². The molecule has 138 valence electrons. The minimum absolute atomic E-state index is 0.0990. The highest BCUT2D eigenvalue weighted by Gasteiger charge is 2.26. The van der Waals surface area contributed by atoms with Crippen molar-refractivity contribution in [2.24, 2.45) is 0 Å². The average molecular weight is 373 g/mol. The number of fused-ring (bicyclic) bond motifs is 1. The summed E-state index contributed by atoms with van der Waals surface area (Å²) >= 11 is 5.75. The smallest absolute Gasteiger partial charge is 0.224 e. The third-order valence-corrected chi connectivity index (χ3v) is 4.84. The van der Waals surface area contributed by atoms with Gasteiger partial charge in [-0.25, -0.2) is 9.97 Å². The molecule has 6 heteroatoms. The van der Waals surface area contributed by atoms with Gasteiger partial charge < -0.3 is 9.80 Å². The third-order valence-electron chi connectivity index (χ3n) is 4.65. The highest BCUT2D eigenvalue weighted by Crippen LogP contribution is 2.29. The van der Waals surface area contributed by atoms with Crippen molar-refractivity contribution < 1.29 is 4.79 Å². The maximum atomic E-state index is 12.3. The number of alkyl halides is 1. The molecule has 1 amide bonds. The number of aromatic nitrogens is 2. The molecule has 1 aliphatic heterocycles. The van der Waals surface area contributed by atoms with Crippen molar-refractivity contribution in [2.75, 3.05) is 30.9 Å². The van der Waals surface area contributed by atoms with Gasteiger partial charge in [-0.1, -0.05) is 37.3 Å². The summed E-state index contributed by atoms with van der Waals surface area (Å²) < 4.78 is 0. The maximum Gasteiger partial charge on any atom is 0.224 e. The Balaban J connectivity index is 2.01. The molecule has 2 aromatic rings. The van der Waals surface area contributed by atoms with Crippen molar-refractivity contribution in [3.8, 4) is 11.4 Å². The molecule has 3 rings (SSSR count). The SMILES string of the molecule is CCCN(C)c1nc(-c2ccccc2)nc2c1CN(C(=O)CCCl)CC2. The summed E-state index contributed by atoms with van der Waals surface area (Å²) in [4.78, 5) is 26.0. The Labute approximate surface area is 160 Å². The fourth-order valence-corrected chi connectivity index (χ4v) is 3.48. The molecule has 1 aromatic carbocycles. The summed E-state index contributed by atoms with van der Waals surface area (Å²) in [6.07, 6.45) is 2.16. The Kier molecular flexibility index (Phi) is 6.09. The van der Waals surface area contributed by atoms with Gasteiger partial charge in [-0.2, -0.15) is 0 Å². The lowest BCUT2D eigenvalue weighted by Gasteiger charge is -2.32. The van der Waals surface area contributed by atoms with Crippen LogP contribution >= 0.6 is 11.6 Å². The normalized spacial score (nSPS) is 13.4. The van der Waals surface area contributed by atoms with Crippen LogP contribution in [0.3, 0.4) is 0 Å². The van der Waals surface area contributed by atoms with E-state index in [1.54, 1.807) is 0 Å². The van der Waals surface area contributed by atoms with E-state index < -0.39 is 0 Å². The summed E-state index contributed by atoms with van der Waals surface area (Å²) in [5, 5.41) is 0. The Morgan fingerprint density at radius 1 is 1.27 bits per heavy atom. The van der Waals surface area contributed by atoms with E-state index >= 15 is 0 Å². The van der Waals surface area contributed by atoms with Crippen molar-refractivity contribution in [3.05, 3.63) is 41.6 Å². The Morgan fingerprint density at radius 2 is 2.04 bits per heavy atom. The lowest BCUT2D eigenvalue weighted by atomic mass is 10.0. The van der Waals surface area contributed by atoms with Crippen LogP contribution in [-0.2, 0) is 17.8 Å². The standard InChI is InChI=1S/C20H25ClN4O/c1-3-12-24(2)20-16-14-25(18(26)9-11-21)13-10-17(16)22-19(23-20)15-7-5-4-6-8-15/h4-8H,3,9-14H2,1-2H3. The first kappa shape index (κ1) is 18.6.